The maximum atomic E-state index is 12.4. The van der Waals surface area contributed by atoms with Gasteiger partial charge in [-0.2, -0.15) is 0 Å². The number of carbonyl (C=O) groups is 1. The van der Waals surface area contributed by atoms with E-state index >= 15 is 0 Å². The molecule has 1 saturated heterocycles. The molecule has 1 amide bonds. The zero-order chi connectivity index (χ0) is 16.3. The summed E-state index contributed by atoms with van der Waals surface area (Å²) in [5.74, 6) is 0.0392. The normalized spacial score (nSPS) is 16.8. The molecule has 5 nitrogen and oxygen atoms in total. The van der Waals surface area contributed by atoms with E-state index < -0.39 is 9.84 Å². The summed E-state index contributed by atoms with van der Waals surface area (Å²) in [6, 6.07) is 4.79. The van der Waals surface area contributed by atoms with E-state index in [4.69, 9.17) is 23.2 Å². The minimum Gasteiger partial charge on any atom is -0.336 e. The van der Waals surface area contributed by atoms with Crippen molar-refractivity contribution >= 4 is 38.9 Å². The van der Waals surface area contributed by atoms with E-state index in [0.29, 0.717) is 48.3 Å². The second-order valence-corrected chi connectivity index (χ2v) is 8.55. The number of rotatable bonds is 4. The van der Waals surface area contributed by atoms with Crippen LogP contribution in [0.15, 0.2) is 18.2 Å². The molecule has 2 rings (SSSR count). The first-order chi connectivity index (χ1) is 10.2. The second-order valence-electron chi connectivity index (χ2n) is 5.42. The summed E-state index contributed by atoms with van der Waals surface area (Å²) in [5.41, 5.74) is 0.474. The molecule has 122 valence electrons. The monoisotopic (exact) mass is 364 g/mol. The summed E-state index contributed by atoms with van der Waals surface area (Å²) in [4.78, 5) is 16.2. The van der Waals surface area contributed by atoms with Crippen LogP contribution in [0, 0.1) is 0 Å². The van der Waals surface area contributed by atoms with E-state index in [1.165, 1.54) is 6.26 Å². The lowest BCUT2D eigenvalue weighted by Crippen LogP contribution is -2.49. The van der Waals surface area contributed by atoms with Gasteiger partial charge in [-0.15, -0.1) is 0 Å². The van der Waals surface area contributed by atoms with E-state index in [2.05, 4.69) is 4.90 Å². The van der Waals surface area contributed by atoms with Gasteiger partial charge in [0.2, 0.25) is 0 Å². The van der Waals surface area contributed by atoms with Crippen LogP contribution >= 0.6 is 23.2 Å². The highest BCUT2D eigenvalue weighted by Gasteiger charge is 2.23. The third-order valence-electron chi connectivity index (χ3n) is 3.55. The van der Waals surface area contributed by atoms with Gasteiger partial charge in [0.1, 0.15) is 9.84 Å². The van der Waals surface area contributed by atoms with Gasteiger partial charge in [0.15, 0.2) is 0 Å². The van der Waals surface area contributed by atoms with Gasteiger partial charge in [-0.3, -0.25) is 9.69 Å². The van der Waals surface area contributed by atoms with Gasteiger partial charge in [0, 0.05) is 54.6 Å². The fraction of sp³-hybridized carbons (Fsp3) is 0.500. The number of hydrogen-bond donors (Lipinski definition) is 0. The first-order valence-corrected chi connectivity index (χ1v) is 9.72. The Morgan fingerprint density at radius 3 is 2.14 bits per heavy atom. The van der Waals surface area contributed by atoms with Crippen LogP contribution in [0.25, 0.3) is 0 Å². The Labute approximate surface area is 140 Å². The number of sulfone groups is 1. The molecular formula is C14H18Cl2N2O3S. The minimum atomic E-state index is -2.96. The number of halogens is 2. The average molecular weight is 365 g/mol. The topological polar surface area (TPSA) is 57.7 Å². The SMILES string of the molecule is CS(=O)(=O)CCN1CCN(C(=O)c2cc(Cl)cc(Cl)c2)CC1. The van der Waals surface area contributed by atoms with Crippen molar-refractivity contribution in [2.75, 3.05) is 44.7 Å². The van der Waals surface area contributed by atoms with E-state index in [0.717, 1.165) is 0 Å². The molecule has 0 aliphatic carbocycles. The van der Waals surface area contributed by atoms with Crippen molar-refractivity contribution in [1.29, 1.82) is 0 Å². The lowest BCUT2D eigenvalue weighted by atomic mass is 10.2. The third-order valence-corrected chi connectivity index (χ3v) is 4.91. The first-order valence-electron chi connectivity index (χ1n) is 6.90. The van der Waals surface area contributed by atoms with Crippen molar-refractivity contribution in [2.24, 2.45) is 0 Å². The summed E-state index contributed by atoms with van der Waals surface area (Å²) in [6.45, 7) is 2.95. The number of hydrogen-bond acceptors (Lipinski definition) is 4. The molecule has 1 heterocycles. The predicted molar refractivity (Wildman–Crippen MR) is 88.5 cm³/mol. The van der Waals surface area contributed by atoms with Gasteiger partial charge in [0.05, 0.1) is 5.75 Å². The summed E-state index contributed by atoms with van der Waals surface area (Å²) >= 11 is 11.8. The summed E-state index contributed by atoms with van der Waals surface area (Å²) < 4.78 is 22.4. The minimum absolute atomic E-state index is 0.104. The molecule has 0 bridgehead atoms. The molecule has 0 aromatic heterocycles. The van der Waals surface area contributed by atoms with Crippen molar-refractivity contribution in [3.63, 3.8) is 0 Å². The van der Waals surface area contributed by atoms with Gasteiger partial charge in [-0.1, -0.05) is 23.2 Å². The Balaban J connectivity index is 1.92. The second kappa shape index (κ2) is 7.17. The third kappa shape index (κ3) is 5.12. The lowest BCUT2D eigenvalue weighted by Gasteiger charge is -2.34. The smallest absolute Gasteiger partial charge is 0.254 e. The quantitative estimate of drug-likeness (QED) is 0.817. The van der Waals surface area contributed by atoms with E-state index in [1.807, 2.05) is 0 Å². The molecule has 0 radical (unpaired) electrons. The molecule has 1 aliphatic heterocycles. The van der Waals surface area contributed by atoms with Crippen LogP contribution in [-0.4, -0.2) is 68.9 Å². The Morgan fingerprint density at radius 2 is 1.64 bits per heavy atom. The van der Waals surface area contributed by atoms with Gasteiger partial charge in [0.25, 0.3) is 5.91 Å². The van der Waals surface area contributed by atoms with Crippen molar-refractivity contribution in [3.05, 3.63) is 33.8 Å². The fourth-order valence-corrected chi connectivity index (χ4v) is 3.45. The number of benzene rings is 1. The molecule has 0 unspecified atom stereocenters. The molecular weight excluding hydrogens is 347 g/mol. The number of piperazine rings is 1. The number of carbonyl (C=O) groups excluding carboxylic acids is 1. The molecule has 0 saturated carbocycles. The Hall–Kier alpha value is -0.820. The van der Waals surface area contributed by atoms with Crippen LogP contribution in [-0.2, 0) is 9.84 Å². The highest BCUT2D eigenvalue weighted by Crippen LogP contribution is 2.20. The molecule has 1 fully saturated rings. The van der Waals surface area contributed by atoms with Gasteiger partial charge in [-0.25, -0.2) is 8.42 Å². The van der Waals surface area contributed by atoms with E-state index in [9.17, 15) is 13.2 Å². The summed E-state index contributed by atoms with van der Waals surface area (Å²) in [6.07, 6.45) is 1.23. The van der Waals surface area contributed by atoms with Crippen molar-refractivity contribution in [3.8, 4) is 0 Å². The van der Waals surface area contributed by atoms with Gasteiger partial charge < -0.3 is 4.90 Å². The molecule has 1 aliphatic rings. The average Bonchev–Trinajstić information content (AvgIpc) is 2.43. The van der Waals surface area contributed by atoms with Crippen LogP contribution in [0.3, 0.4) is 0 Å². The Bertz CT molecular complexity index is 636. The van der Waals surface area contributed by atoms with Crippen molar-refractivity contribution in [1.82, 2.24) is 9.80 Å². The maximum absolute atomic E-state index is 12.4. The molecule has 0 atom stereocenters. The molecule has 1 aromatic carbocycles. The summed E-state index contributed by atoms with van der Waals surface area (Å²) in [5, 5.41) is 0.866. The molecule has 8 heteroatoms. The molecule has 0 N–H and O–H groups in total. The van der Waals surface area contributed by atoms with Gasteiger partial charge in [-0.05, 0) is 18.2 Å². The lowest BCUT2D eigenvalue weighted by molar-refractivity contribution is 0.0644. The van der Waals surface area contributed by atoms with Crippen LogP contribution < -0.4 is 0 Å². The largest absolute Gasteiger partial charge is 0.336 e. The number of nitrogens with zero attached hydrogens (tertiary/aromatic N) is 2. The van der Waals surface area contributed by atoms with Gasteiger partial charge >= 0.3 is 0 Å². The van der Waals surface area contributed by atoms with E-state index in [1.54, 1.807) is 23.1 Å². The van der Waals surface area contributed by atoms with Crippen LogP contribution in [0.4, 0.5) is 0 Å². The van der Waals surface area contributed by atoms with Crippen molar-refractivity contribution in [2.45, 2.75) is 0 Å². The molecule has 0 spiro atoms. The Kier molecular flexibility index (Phi) is 5.71. The molecule has 1 aromatic rings. The van der Waals surface area contributed by atoms with Crippen molar-refractivity contribution < 1.29 is 13.2 Å². The first kappa shape index (κ1) is 17.5. The summed E-state index contributed by atoms with van der Waals surface area (Å²) in [7, 11) is -2.96. The highest BCUT2D eigenvalue weighted by molar-refractivity contribution is 7.90. The predicted octanol–water partition coefficient (Wildman–Crippen LogP) is 1.80. The zero-order valence-electron chi connectivity index (χ0n) is 12.3. The number of amides is 1. The maximum Gasteiger partial charge on any atom is 0.254 e. The van der Waals surface area contributed by atoms with E-state index in [-0.39, 0.29) is 11.7 Å². The Morgan fingerprint density at radius 1 is 1.09 bits per heavy atom. The zero-order valence-corrected chi connectivity index (χ0v) is 14.6. The van der Waals surface area contributed by atoms with Crippen LogP contribution in [0.5, 0.6) is 0 Å². The standard InChI is InChI=1S/C14H18Cl2N2O3S/c1-22(20,21)7-6-17-2-4-18(5-3-17)14(19)11-8-12(15)10-13(16)9-11/h8-10H,2-7H2,1H3. The fourth-order valence-electron chi connectivity index (χ4n) is 2.33. The van der Waals surface area contributed by atoms with Crippen LogP contribution in [0.2, 0.25) is 10.0 Å². The van der Waals surface area contributed by atoms with Crippen LogP contribution in [0.1, 0.15) is 10.4 Å². The molecule has 22 heavy (non-hydrogen) atoms. The highest BCUT2D eigenvalue weighted by atomic mass is 35.5.